The van der Waals surface area contributed by atoms with Crippen LogP contribution in [-0.2, 0) is 20.9 Å². The van der Waals surface area contributed by atoms with Gasteiger partial charge < -0.3 is 40.0 Å². The van der Waals surface area contributed by atoms with Crippen LogP contribution in [-0.4, -0.2) is 69.2 Å². The summed E-state index contributed by atoms with van der Waals surface area (Å²) < 4.78 is 16.7. The number of rotatable bonds is 8. The maximum absolute atomic E-state index is 12.1. The van der Waals surface area contributed by atoms with E-state index in [4.69, 9.17) is 14.2 Å². The average molecular weight is 456 g/mol. The topological polar surface area (TPSA) is 138 Å². The molecule has 32 heavy (non-hydrogen) atoms. The molecule has 182 valence electrons. The van der Waals surface area contributed by atoms with Crippen molar-refractivity contribution >= 4 is 11.7 Å². The lowest BCUT2D eigenvalue weighted by Gasteiger charge is -2.40. The number of nitrogens with one attached hydrogen (secondary N) is 1. The standard InChI is InChI=1S/C23H37NO8/c1-7-23(5,6)24-14-10-13(12-30-21(29)22(2,3)4)8-9-15(14)31-20-19(28)18(27)17(26)16(11-25)32-20/h8-10,16-20,24-28H,7,11-12H2,1-6H3. The van der Waals surface area contributed by atoms with Crippen molar-refractivity contribution in [1.82, 2.24) is 0 Å². The molecule has 2 rings (SSSR count). The van der Waals surface area contributed by atoms with Crippen LogP contribution in [0.15, 0.2) is 18.2 Å². The van der Waals surface area contributed by atoms with Crippen LogP contribution < -0.4 is 10.1 Å². The second kappa shape index (κ2) is 10.4. The highest BCUT2D eigenvalue weighted by Crippen LogP contribution is 2.33. The first-order chi connectivity index (χ1) is 14.8. The molecule has 9 heteroatoms. The summed E-state index contributed by atoms with van der Waals surface area (Å²) >= 11 is 0. The fraction of sp³-hybridized carbons (Fsp3) is 0.696. The molecular formula is C23H37NO8. The molecule has 0 saturated carbocycles. The third-order valence-electron chi connectivity index (χ3n) is 5.47. The van der Waals surface area contributed by atoms with Crippen molar-refractivity contribution in [1.29, 1.82) is 0 Å². The zero-order valence-corrected chi connectivity index (χ0v) is 19.7. The van der Waals surface area contributed by atoms with Crippen LogP contribution in [0.5, 0.6) is 5.75 Å². The van der Waals surface area contributed by atoms with Gasteiger partial charge in [-0.2, -0.15) is 0 Å². The predicted molar refractivity (Wildman–Crippen MR) is 118 cm³/mol. The molecule has 1 aliphatic rings. The van der Waals surface area contributed by atoms with E-state index in [9.17, 15) is 25.2 Å². The number of aliphatic hydroxyl groups excluding tert-OH is 4. The van der Waals surface area contributed by atoms with Crippen molar-refractivity contribution in [2.75, 3.05) is 11.9 Å². The molecule has 5 unspecified atom stereocenters. The van der Waals surface area contributed by atoms with E-state index in [1.807, 2.05) is 20.8 Å². The number of hydrogen-bond acceptors (Lipinski definition) is 9. The largest absolute Gasteiger partial charge is 0.460 e. The summed E-state index contributed by atoms with van der Waals surface area (Å²) in [6, 6.07) is 5.15. The van der Waals surface area contributed by atoms with Gasteiger partial charge >= 0.3 is 5.97 Å². The first kappa shape index (κ1) is 26.3. The Labute approximate surface area is 189 Å². The minimum absolute atomic E-state index is 0.0810. The number of aliphatic hydroxyl groups is 4. The lowest BCUT2D eigenvalue weighted by molar-refractivity contribution is -0.277. The van der Waals surface area contributed by atoms with Gasteiger partial charge in [-0.15, -0.1) is 0 Å². The van der Waals surface area contributed by atoms with Crippen LogP contribution in [0, 0.1) is 5.41 Å². The molecule has 0 aromatic heterocycles. The van der Waals surface area contributed by atoms with Gasteiger partial charge in [0.1, 0.15) is 36.8 Å². The summed E-state index contributed by atoms with van der Waals surface area (Å²) in [6.45, 7) is 10.9. The average Bonchev–Trinajstić information content (AvgIpc) is 2.72. The fourth-order valence-electron chi connectivity index (χ4n) is 2.98. The Bertz CT molecular complexity index is 774. The van der Waals surface area contributed by atoms with Gasteiger partial charge in [0.05, 0.1) is 17.7 Å². The smallest absolute Gasteiger partial charge is 0.311 e. The van der Waals surface area contributed by atoms with Crippen LogP contribution in [0.25, 0.3) is 0 Å². The molecule has 1 aromatic carbocycles. The first-order valence-corrected chi connectivity index (χ1v) is 10.8. The van der Waals surface area contributed by atoms with Gasteiger partial charge in [0.2, 0.25) is 6.29 Å². The second-order valence-electron chi connectivity index (χ2n) is 9.83. The molecule has 0 bridgehead atoms. The van der Waals surface area contributed by atoms with Gasteiger partial charge in [0.25, 0.3) is 0 Å². The van der Waals surface area contributed by atoms with Crippen molar-refractivity contribution in [3.05, 3.63) is 23.8 Å². The van der Waals surface area contributed by atoms with Crippen LogP contribution >= 0.6 is 0 Å². The molecule has 0 spiro atoms. The zero-order chi connectivity index (χ0) is 24.3. The van der Waals surface area contributed by atoms with E-state index in [-0.39, 0.29) is 18.1 Å². The van der Waals surface area contributed by atoms with Crippen LogP contribution in [0.2, 0.25) is 0 Å². The van der Waals surface area contributed by atoms with Gasteiger partial charge in [0.15, 0.2) is 0 Å². The van der Waals surface area contributed by atoms with E-state index < -0.39 is 42.7 Å². The van der Waals surface area contributed by atoms with Gasteiger partial charge in [-0.1, -0.05) is 13.0 Å². The summed E-state index contributed by atoms with van der Waals surface area (Å²) in [5.74, 6) is 0.0179. The number of benzene rings is 1. The van der Waals surface area contributed by atoms with Gasteiger partial charge in [-0.05, 0) is 58.7 Å². The number of esters is 1. The fourth-order valence-corrected chi connectivity index (χ4v) is 2.98. The summed E-state index contributed by atoms with van der Waals surface area (Å²) in [7, 11) is 0. The third kappa shape index (κ3) is 6.55. The highest BCUT2D eigenvalue weighted by atomic mass is 16.7. The summed E-state index contributed by atoms with van der Waals surface area (Å²) in [4.78, 5) is 12.1. The van der Waals surface area contributed by atoms with Gasteiger partial charge in [-0.25, -0.2) is 0 Å². The Morgan fingerprint density at radius 1 is 1.09 bits per heavy atom. The molecule has 1 saturated heterocycles. The van der Waals surface area contributed by atoms with Crippen molar-refractivity contribution in [2.45, 2.75) is 90.8 Å². The second-order valence-corrected chi connectivity index (χ2v) is 9.83. The minimum atomic E-state index is -1.54. The van der Waals surface area contributed by atoms with Crippen LogP contribution in [0.1, 0.15) is 53.5 Å². The molecule has 1 fully saturated rings. The lowest BCUT2D eigenvalue weighted by atomic mass is 9.97. The lowest BCUT2D eigenvalue weighted by Crippen LogP contribution is -2.60. The Kier molecular flexibility index (Phi) is 8.52. The molecule has 1 aliphatic heterocycles. The molecule has 5 atom stereocenters. The van der Waals surface area contributed by atoms with E-state index in [2.05, 4.69) is 5.32 Å². The van der Waals surface area contributed by atoms with E-state index in [0.29, 0.717) is 11.4 Å². The number of anilines is 1. The maximum Gasteiger partial charge on any atom is 0.311 e. The Morgan fingerprint density at radius 3 is 2.31 bits per heavy atom. The molecule has 1 aromatic rings. The highest BCUT2D eigenvalue weighted by molar-refractivity contribution is 5.75. The number of ether oxygens (including phenoxy) is 3. The SMILES string of the molecule is CCC(C)(C)Nc1cc(COC(=O)C(C)(C)C)ccc1OC1OC(CO)C(O)C(O)C1O. The molecule has 0 amide bonds. The van der Waals surface area contributed by atoms with Crippen molar-refractivity contribution in [2.24, 2.45) is 5.41 Å². The zero-order valence-electron chi connectivity index (χ0n) is 19.7. The summed E-state index contributed by atoms with van der Waals surface area (Å²) in [6.07, 6.45) is -6.10. The molecule has 1 heterocycles. The highest BCUT2D eigenvalue weighted by Gasteiger charge is 2.45. The number of hydrogen-bond donors (Lipinski definition) is 5. The molecule has 0 aliphatic carbocycles. The van der Waals surface area contributed by atoms with Crippen molar-refractivity contribution in [3.8, 4) is 5.75 Å². The molecule has 5 N–H and O–H groups in total. The summed E-state index contributed by atoms with van der Waals surface area (Å²) in [5, 5.41) is 43.1. The van der Waals surface area contributed by atoms with E-state index in [1.54, 1.807) is 39.0 Å². The van der Waals surface area contributed by atoms with Gasteiger partial charge in [0, 0.05) is 5.54 Å². The normalized spacial score (nSPS) is 26.5. The Hall–Kier alpha value is -1.91. The first-order valence-electron chi connectivity index (χ1n) is 10.8. The molecule has 9 nitrogen and oxygen atoms in total. The van der Waals surface area contributed by atoms with E-state index in [1.165, 1.54) is 0 Å². The Balaban J connectivity index is 2.27. The molecule has 0 radical (unpaired) electrons. The Morgan fingerprint density at radius 2 is 1.75 bits per heavy atom. The van der Waals surface area contributed by atoms with E-state index >= 15 is 0 Å². The summed E-state index contributed by atoms with van der Waals surface area (Å²) in [5.41, 5.74) is 0.405. The molecular weight excluding hydrogens is 418 g/mol. The van der Waals surface area contributed by atoms with E-state index in [0.717, 1.165) is 12.0 Å². The van der Waals surface area contributed by atoms with Crippen LogP contribution in [0.3, 0.4) is 0 Å². The third-order valence-corrected chi connectivity index (χ3v) is 5.47. The minimum Gasteiger partial charge on any atom is -0.460 e. The maximum atomic E-state index is 12.1. The predicted octanol–water partition coefficient (Wildman–Crippen LogP) is 1.56. The van der Waals surface area contributed by atoms with Crippen molar-refractivity contribution < 1.29 is 39.4 Å². The van der Waals surface area contributed by atoms with Crippen LogP contribution in [0.4, 0.5) is 5.69 Å². The monoisotopic (exact) mass is 455 g/mol. The van der Waals surface area contributed by atoms with Gasteiger partial charge in [-0.3, -0.25) is 4.79 Å². The van der Waals surface area contributed by atoms with Crippen molar-refractivity contribution in [3.63, 3.8) is 0 Å². The quantitative estimate of drug-likeness (QED) is 0.370. The number of carbonyl (C=O) groups excluding carboxylic acids is 1. The number of carbonyl (C=O) groups is 1.